The molecule has 0 aromatic heterocycles. The van der Waals surface area contributed by atoms with Crippen LogP contribution in [0.1, 0.15) is 123 Å². The van der Waals surface area contributed by atoms with Crippen molar-refractivity contribution >= 4 is 82.4 Å². The van der Waals surface area contributed by atoms with E-state index in [9.17, 15) is 73.2 Å². The maximum Gasteiger partial charge on any atom is 0.305 e. The number of guanidine groups is 3. The van der Waals surface area contributed by atoms with Gasteiger partial charge in [0.2, 0.25) is 23.6 Å². The highest BCUT2D eigenvalue weighted by Crippen LogP contribution is 2.22. The van der Waals surface area contributed by atoms with Crippen LogP contribution in [0.15, 0.2) is 15.0 Å². The topological polar surface area (TPSA) is 548 Å². The van der Waals surface area contributed by atoms with Gasteiger partial charge < -0.3 is 87.1 Å². The van der Waals surface area contributed by atoms with Crippen LogP contribution in [0.25, 0.3) is 0 Å². The minimum atomic E-state index is -1.60. The summed E-state index contributed by atoms with van der Waals surface area (Å²) in [5.41, 5.74) is 38.6. The molecule has 0 aromatic carbocycles. The second-order valence-corrected chi connectivity index (χ2v) is 19.1. The Morgan fingerprint density at radius 3 is 1.20 bits per heavy atom. The Hall–Kier alpha value is -7.18. The van der Waals surface area contributed by atoms with Gasteiger partial charge in [0.05, 0.1) is 43.8 Å². The van der Waals surface area contributed by atoms with Crippen molar-refractivity contribution < 1.29 is 73.2 Å². The van der Waals surface area contributed by atoms with Crippen molar-refractivity contribution in [3.8, 4) is 0 Å². The third-order valence-electron chi connectivity index (χ3n) is 12.7. The molecule has 0 rings (SSSR count). The smallest absolute Gasteiger partial charge is 0.305 e. The molecule has 0 aromatic rings. The lowest BCUT2D eigenvalue weighted by molar-refractivity contribution is -0.141. The monoisotopic (exact) mass is 1130 g/mol. The number of carboxylic acid groups (broad SMARTS) is 2. The summed E-state index contributed by atoms with van der Waals surface area (Å²) in [5, 5.41) is 51.5. The number of aliphatic imine (C=N–C) groups is 3. The molecule has 0 aliphatic rings. The zero-order valence-corrected chi connectivity index (χ0v) is 45.6. The molecular formula is C49H87N15O15. The Bertz CT molecular complexity index is 2110. The summed E-state index contributed by atoms with van der Waals surface area (Å²) >= 11 is 0. The van der Waals surface area contributed by atoms with Gasteiger partial charge >= 0.3 is 11.9 Å². The minimum absolute atomic E-state index is 0.00250. The number of amides is 4. The second-order valence-electron chi connectivity index (χ2n) is 19.1. The van der Waals surface area contributed by atoms with Crippen LogP contribution < -0.4 is 66.7 Å². The Morgan fingerprint density at radius 1 is 0.443 bits per heavy atom. The van der Waals surface area contributed by atoms with E-state index in [1.54, 1.807) is 0 Å². The first kappa shape index (κ1) is 71.8. The lowest BCUT2D eigenvalue weighted by Crippen LogP contribution is -2.49. The fourth-order valence-corrected chi connectivity index (χ4v) is 8.13. The number of aliphatic hydroxyl groups is 2. The minimum Gasteiger partial charge on any atom is -0.481 e. The number of carbonyl (C=O) groups excluding carboxylic acids is 9. The van der Waals surface area contributed by atoms with Gasteiger partial charge in [-0.25, -0.2) is 0 Å². The van der Waals surface area contributed by atoms with Gasteiger partial charge in [0.25, 0.3) is 0 Å². The molecule has 0 spiro atoms. The van der Waals surface area contributed by atoms with Gasteiger partial charge in [-0.15, -0.1) is 0 Å². The number of ketones is 5. The molecule has 0 bridgehead atoms. The van der Waals surface area contributed by atoms with Crippen molar-refractivity contribution in [2.45, 2.75) is 153 Å². The van der Waals surface area contributed by atoms with Crippen molar-refractivity contribution in [2.75, 3.05) is 46.4 Å². The molecule has 9 atom stereocenters. The van der Waals surface area contributed by atoms with E-state index in [2.05, 4.69) is 41.6 Å². The maximum absolute atomic E-state index is 14.4. The third kappa shape index (κ3) is 31.1. The molecule has 0 radical (unpaired) electrons. The van der Waals surface area contributed by atoms with E-state index in [4.69, 9.17) is 40.1 Å². The number of hydrogen-bond donors (Lipinski definition) is 16. The molecule has 0 fully saturated rings. The lowest BCUT2D eigenvalue weighted by atomic mass is 9.88. The van der Waals surface area contributed by atoms with E-state index in [1.165, 1.54) is 20.9 Å². The van der Waals surface area contributed by atoms with Crippen LogP contribution in [0.5, 0.6) is 0 Å². The number of likely N-dealkylation sites (N-methyl/N-ethyl adjacent to an activating group) is 1. The molecular weight excluding hydrogens is 1040 g/mol. The van der Waals surface area contributed by atoms with Gasteiger partial charge in [-0.2, -0.15) is 0 Å². The summed E-state index contributed by atoms with van der Waals surface area (Å²) in [6, 6.07) is -6.81. The quantitative estimate of drug-likeness (QED) is 0.0155. The standard InChI is InChI=1S/C49H87N15O15/c1-4-36(67)33(24-42(74)75)63-43(76)27(2)20-37(68)35(26-66)64-46(79)29(11-7-17-58-47(51)52)22-38(69)31(13-9-19-60-49(55)56)61-44(77)28(10-5-6-16-50)21-39(70)32(14-15-41(72)73)62-45(78)30(12-8-18-59-48(53)54)23-40(71)34(25-65)57-3/h27-35,57,65-66H,4-26,50H2,1-3H3,(H,61,77)(H,62,78)(H,63,76)(H,64,79)(H,72,73)(H,74,75)(H4,51,52,58)(H4,53,54,59)(H4,55,56,60)/t27-,28-,29-,30-,31+,32+,33+,34+,35-/m1/s1. The average Bonchev–Trinajstić information content (AvgIpc) is 3.38. The van der Waals surface area contributed by atoms with Crippen LogP contribution in [0.4, 0.5) is 0 Å². The summed E-state index contributed by atoms with van der Waals surface area (Å²) in [6.45, 7) is 1.58. The molecule has 448 valence electrons. The number of nitrogens with zero attached hydrogens (tertiary/aromatic N) is 3. The molecule has 0 aliphatic heterocycles. The number of Topliss-reactive ketones (excluding diaryl/α,β-unsaturated/α-hetero) is 5. The number of carbonyl (C=O) groups is 11. The summed E-state index contributed by atoms with van der Waals surface area (Å²) in [6.07, 6.45) is -2.82. The lowest BCUT2D eigenvalue weighted by Gasteiger charge is -2.26. The molecule has 79 heavy (non-hydrogen) atoms. The number of rotatable bonds is 46. The van der Waals surface area contributed by atoms with Gasteiger partial charge in [-0.3, -0.25) is 67.7 Å². The van der Waals surface area contributed by atoms with Crippen molar-refractivity contribution in [3.63, 3.8) is 0 Å². The number of nitrogens with two attached hydrogens (primary N) is 7. The summed E-state index contributed by atoms with van der Waals surface area (Å²) in [7, 11) is 1.44. The average molecular weight is 1130 g/mol. The maximum atomic E-state index is 14.4. The second kappa shape index (κ2) is 40.1. The highest BCUT2D eigenvalue weighted by Gasteiger charge is 2.35. The van der Waals surface area contributed by atoms with Gasteiger partial charge in [0, 0.05) is 81.8 Å². The summed E-state index contributed by atoms with van der Waals surface area (Å²) < 4.78 is 0. The largest absolute Gasteiger partial charge is 0.481 e. The first-order chi connectivity index (χ1) is 37.2. The van der Waals surface area contributed by atoms with Crippen LogP contribution in [-0.2, 0) is 52.7 Å². The molecule has 30 heteroatoms. The van der Waals surface area contributed by atoms with E-state index in [1.807, 2.05) is 0 Å². The predicted molar refractivity (Wildman–Crippen MR) is 290 cm³/mol. The number of hydrogen-bond acceptors (Lipinski definition) is 18. The fourth-order valence-electron chi connectivity index (χ4n) is 8.13. The Balaban J connectivity index is 6.97. The van der Waals surface area contributed by atoms with Crippen molar-refractivity contribution in [1.82, 2.24) is 26.6 Å². The molecule has 23 N–H and O–H groups in total. The zero-order valence-electron chi connectivity index (χ0n) is 45.6. The zero-order chi connectivity index (χ0) is 60.2. The Labute approximate surface area is 459 Å². The normalized spacial score (nSPS) is 14.4. The van der Waals surface area contributed by atoms with Gasteiger partial charge in [-0.1, -0.05) is 20.3 Å². The first-order valence-electron chi connectivity index (χ1n) is 26.3. The van der Waals surface area contributed by atoms with Crippen LogP contribution >= 0.6 is 0 Å². The van der Waals surface area contributed by atoms with Crippen LogP contribution in [-0.4, -0.2) is 179 Å². The fraction of sp³-hybridized carbons (Fsp3) is 0.714. The van der Waals surface area contributed by atoms with E-state index in [0.29, 0.717) is 12.8 Å². The molecule has 30 nitrogen and oxygen atoms in total. The van der Waals surface area contributed by atoms with E-state index >= 15 is 0 Å². The Kier molecular flexibility index (Phi) is 36.4. The van der Waals surface area contributed by atoms with Crippen molar-refractivity contribution in [2.24, 2.45) is 78.8 Å². The van der Waals surface area contributed by atoms with Crippen LogP contribution in [0, 0.1) is 23.7 Å². The van der Waals surface area contributed by atoms with Crippen LogP contribution in [0.3, 0.4) is 0 Å². The van der Waals surface area contributed by atoms with E-state index < -0.39 is 170 Å². The highest BCUT2D eigenvalue weighted by atomic mass is 16.4. The number of aliphatic carboxylic acids is 2. The summed E-state index contributed by atoms with van der Waals surface area (Å²) in [5.74, 6) is -14.7. The van der Waals surface area contributed by atoms with Crippen LogP contribution in [0.2, 0.25) is 0 Å². The predicted octanol–water partition coefficient (Wildman–Crippen LogP) is -4.57. The number of nitrogens with one attached hydrogen (secondary N) is 5. The van der Waals surface area contributed by atoms with E-state index in [0.717, 1.165) is 0 Å². The number of carboxylic acids is 2. The summed E-state index contributed by atoms with van der Waals surface area (Å²) in [4.78, 5) is 158. The number of unbranched alkanes of at least 4 members (excludes halogenated alkanes) is 1. The van der Waals surface area contributed by atoms with Gasteiger partial charge in [0.15, 0.2) is 46.8 Å². The molecule has 0 saturated carbocycles. The Morgan fingerprint density at radius 2 is 0.823 bits per heavy atom. The molecule has 0 unspecified atom stereocenters. The first-order valence-corrected chi connectivity index (χ1v) is 26.3. The van der Waals surface area contributed by atoms with Crippen molar-refractivity contribution in [1.29, 1.82) is 0 Å². The number of aliphatic hydroxyl groups excluding tert-OH is 2. The third-order valence-corrected chi connectivity index (χ3v) is 12.7. The van der Waals surface area contributed by atoms with Crippen molar-refractivity contribution in [3.05, 3.63) is 0 Å². The van der Waals surface area contributed by atoms with Gasteiger partial charge in [-0.05, 0) is 71.4 Å². The highest BCUT2D eigenvalue weighted by molar-refractivity contribution is 5.98. The molecule has 0 heterocycles. The SMILES string of the molecule is CCC(=O)[C@H](CC(=O)O)NC(=O)[C@H](C)CC(=O)[C@@H](CO)NC(=O)[C@H](CCCN=C(N)N)CC(=O)[C@H](CCCN=C(N)N)NC(=O)[C@H](CCCCN)CC(=O)[C@H](CCC(=O)O)NC(=O)[C@H](CCCN=C(N)N)CC(=O)[C@H](CO)NC. The molecule has 4 amide bonds. The van der Waals surface area contributed by atoms with Gasteiger partial charge in [0.1, 0.15) is 6.04 Å². The molecule has 0 aliphatic carbocycles. The van der Waals surface area contributed by atoms with E-state index in [-0.39, 0.29) is 102 Å². The molecule has 0 saturated heterocycles.